The SMILES string of the molecule is CCOC(=O)C1=C(C)N=c2s/c(=C/c3cc(Cl)c(OCc4ccccc4)c(Br)c3)c(=O)n2[C@H]1c1ccc(C)cc1. The summed E-state index contributed by atoms with van der Waals surface area (Å²) in [6.07, 6.45) is 1.77. The van der Waals surface area contributed by atoms with Crippen LogP contribution in [0.15, 0.2) is 92.3 Å². The van der Waals surface area contributed by atoms with Gasteiger partial charge in [0.25, 0.3) is 5.56 Å². The summed E-state index contributed by atoms with van der Waals surface area (Å²) in [4.78, 5) is 32.0. The summed E-state index contributed by atoms with van der Waals surface area (Å²) in [7, 11) is 0. The molecule has 40 heavy (non-hydrogen) atoms. The first kappa shape index (κ1) is 28.1. The van der Waals surface area contributed by atoms with Gasteiger partial charge >= 0.3 is 5.97 Å². The van der Waals surface area contributed by atoms with Gasteiger partial charge in [0, 0.05) is 0 Å². The Labute approximate surface area is 249 Å². The predicted molar refractivity (Wildman–Crippen MR) is 162 cm³/mol. The largest absolute Gasteiger partial charge is 0.486 e. The molecule has 0 aliphatic carbocycles. The normalized spacial score (nSPS) is 15.0. The number of ether oxygens (including phenoxy) is 2. The van der Waals surface area contributed by atoms with Crippen LogP contribution in [0, 0.1) is 6.92 Å². The number of benzene rings is 3. The second-order valence-corrected chi connectivity index (χ2v) is 11.6. The van der Waals surface area contributed by atoms with Gasteiger partial charge in [-0.3, -0.25) is 9.36 Å². The summed E-state index contributed by atoms with van der Waals surface area (Å²) >= 11 is 11.4. The van der Waals surface area contributed by atoms with Crippen molar-refractivity contribution in [2.24, 2.45) is 4.99 Å². The van der Waals surface area contributed by atoms with Crippen LogP contribution >= 0.6 is 38.9 Å². The van der Waals surface area contributed by atoms with Crippen molar-refractivity contribution >= 4 is 50.9 Å². The van der Waals surface area contributed by atoms with Crippen molar-refractivity contribution in [3.8, 4) is 5.75 Å². The number of aromatic nitrogens is 1. The summed E-state index contributed by atoms with van der Waals surface area (Å²) in [5.74, 6) is 0.0450. The van der Waals surface area contributed by atoms with Crippen LogP contribution < -0.4 is 19.6 Å². The minimum atomic E-state index is -0.651. The molecule has 0 amide bonds. The maximum absolute atomic E-state index is 13.8. The van der Waals surface area contributed by atoms with Crippen LogP contribution in [0.3, 0.4) is 0 Å². The average molecular weight is 638 g/mol. The third-order valence-electron chi connectivity index (χ3n) is 6.45. The average Bonchev–Trinajstić information content (AvgIpc) is 3.22. The quantitative estimate of drug-likeness (QED) is 0.230. The Morgan fingerprint density at radius 1 is 1.12 bits per heavy atom. The molecule has 0 saturated carbocycles. The van der Waals surface area contributed by atoms with Crippen molar-refractivity contribution in [2.75, 3.05) is 6.61 Å². The van der Waals surface area contributed by atoms with E-state index in [2.05, 4.69) is 20.9 Å². The number of carbonyl (C=O) groups excluding carboxylic acids is 1. The van der Waals surface area contributed by atoms with E-state index >= 15 is 0 Å². The number of carbonyl (C=O) groups is 1. The number of esters is 1. The number of hydrogen-bond donors (Lipinski definition) is 0. The molecule has 1 atom stereocenters. The van der Waals surface area contributed by atoms with Crippen LogP contribution in [0.4, 0.5) is 0 Å². The van der Waals surface area contributed by atoms with Gasteiger partial charge in [0.1, 0.15) is 6.61 Å². The molecule has 6 nitrogen and oxygen atoms in total. The van der Waals surface area contributed by atoms with Crippen LogP contribution in [0.2, 0.25) is 5.02 Å². The molecule has 0 spiro atoms. The summed E-state index contributed by atoms with van der Waals surface area (Å²) in [6.45, 7) is 6.12. The number of rotatable bonds is 7. The molecule has 3 aromatic carbocycles. The molecule has 4 aromatic rings. The Morgan fingerprint density at radius 3 is 2.52 bits per heavy atom. The number of halogens is 2. The number of aryl methyl sites for hydroxylation is 1. The molecule has 0 saturated heterocycles. The molecule has 0 N–H and O–H groups in total. The van der Waals surface area contributed by atoms with E-state index in [1.54, 1.807) is 30.6 Å². The van der Waals surface area contributed by atoms with E-state index < -0.39 is 12.0 Å². The Balaban J connectivity index is 1.56. The van der Waals surface area contributed by atoms with Gasteiger partial charge in [-0.2, -0.15) is 0 Å². The van der Waals surface area contributed by atoms with Gasteiger partial charge < -0.3 is 9.47 Å². The molecule has 0 fully saturated rings. The third-order valence-corrected chi connectivity index (χ3v) is 8.31. The lowest BCUT2D eigenvalue weighted by atomic mass is 9.95. The second-order valence-electron chi connectivity index (χ2n) is 9.30. The fraction of sp³-hybridized carbons (Fsp3) is 0.194. The van der Waals surface area contributed by atoms with Gasteiger partial charge in [0.2, 0.25) is 0 Å². The van der Waals surface area contributed by atoms with Crippen molar-refractivity contribution in [1.29, 1.82) is 0 Å². The fourth-order valence-corrected chi connectivity index (χ4v) is 6.57. The smallest absolute Gasteiger partial charge is 0.338 e. The zero-order valence-electron chi connectivity index (χ0n) is 22.1. The summed E-state index contributed by atoms with van der Waals surface area (Å²) in [5.41, 5.74) is 4.27. The fourth-order valence-electron chi connectivity index (χ4n) is 4.54. The Morgan fingerprint density at radius 2 is 1.85 bits per heavy atom. The molecule has 1 aliphatic heterocycles. The van der Waals surface area contributed by atoms with Crippen LogP contribution in [0.1, 0.15) is 42.1 Å². The van der Waals surface area contributed by atoms with Crippen molar-refractivity contribution in [2.45, 2.75) is 33.4 Å². The Kier molecular flexibility index (Phi) is 8.40. The van der Waals surface area contributed by atoms with Gasteiger partial charge in [0.05, 0.1) is 37.9 Å². The van der Waals surface area contributed by atoms with Gasteiger partial charge in [-0.05, 0) is 71.6 Å². The van der Waals surface area contributed by atoms with Crippen molar-refractivity contribution in [3.63, 3.8) is 0 Å². The summed E-state index contributed by atoms with van der Waals surface area (Å²) in [5, 5.41) is 0.419. The maximum atomic E-state index is 13.8. The highest BCUT2D eigenvalue weighted by Gasteiger charge is 2.33. The number of fused-ring (bicyclic) bond motifs is 1. The summed E-state index contributed by atoms with van der Waals surface area (Å²) in [6, 6.07) is 20.6. The zero-order chi connectivity index (χ0) is 28.4. The van der Waals surface area contributed by atoms with Gasteiger partial charge in [-0.15, -0.1) is 0 Å². The first-order valence-electron chi connectivity index (χ1n) is 12.7. The van der Waals surface area contributed by atoms with E-state index in [0.717, 1.165) is 22.3 Å². The van der Waals surface area contributed by atoms with Crippen molar-refractivity contribution in [3.05, 3.63) is 129 Å². The van der Waals surface area contributed by atoms with Crippen molar-refractivity contribution < 1.29 is 14.3 Å². The summed E-state index contributed by atoms with van der Waals surface area (Å²) < 4.78 is 14.0. The molecule has 9 heteroatoms. The van der Waals surface area contributed by atoms with E-state index in [9.17, 15) is 9.59 Å². The molecule has 0 radical (unpaired) electrons. The Bertz CT molecular complexity index is 1770. The maximum Gasteiger partial charge on any atom is 0.338 e. The van der Waals surface area contributed by atoms with Gasteiger partial charge in [0.15, 0.2) is 10.6 Å². The highest BCUT2D eigenvalue weighted by molar-refractivity contribution is 9.10. The first-order valence-corrected chi connectivity index (χ1v) is 14.7. The van der Waals surface area contributed by atoms with Crippen LogP contribution in [0.25, 0.3) is 6.08 Å². The van der Waals surface area contributed by atoms with Crippen LogP contribution in [0.5, 0.6) is 5.75 Å². The monoisotopic (exact) mass is 636 g/mol. The highest BCUT2D eigenvalue weighted by Crippen LogP contribution is 2.35. The molecule has 0 unspecified atom stereocenters. The molecular weight excluding hydrogens is 612 g/mol. The van der Waals surface area contributed by atoms with E-state index in [0.29, 0.717) is 42.5 Å². The third kappa shape index (κ3) is 5.70. The van der Waals surface area contributed by atoms with E-state index in [1.165, 1.54) is 11.3 Å². The molecule has 2 heterocycles. The molecule has 1 aliphatic rings. The topological polar surface area (TPSA) is 69.9 Å². The number of allylic oxidation sites excluding steroid dienone is 1. The molecule has 204 valence electrons. The number of thiazole rings is 1. The first-order chi connectivity index (χ1) is 19.3. The lowest BCUT2D eigenvalue weighted by Crippen LogP contribution is -2.39. The minimum absolute atomic E-state index is 0.224. The van der Waals surface area contributed by atoms with E-state index in [4.69, 9.17) is 21.1 Å². The van der Waals surface area contributed by atoms with Crippen LogP contribution in [-0.4, -0.2) is 17.1 Å². The lowest BCUT2D eigenvalue weighted by molar-refractivity contribution is -0.139. The van der Waals surface area contributed by atoms with Gasteiger partial charge in [-0.25, -0.2) is 9.79 Å². The standard InChI is InChI=1S/C31H26BrClN2O4S/c1-4-38-30(37)26-19(3)34-31-35(27(26)22-12-10-18(2)11-13-22)29(36)25(40-31)16-21-14-23(32)28(24(33)15-21)39-17-20-8-6-5-7-9-20/h5-16,27H,4,17H2,1-3H3/b25-16+/t27-/m0/s1. The second kappa shape index (κ2) is 12.0. The number of nitrogens with zero attached hydrogens (tertiary/aromatic N) is 2. The molecule has 1 aromatic heterocycles. The molecular formula is C31H26BrClN2O4S. The van der Waals surface area contributed by atoms with E-state index in [1.807, 2.05) is 67.6 Å². The lowest BCUT2D eigenvalue weighted by Gasteiger charge is -2.24. The van der Waals surface area contributed by atoms with Crippen molar-refractivity contribution in [1.82, 2.24) is 4.57 Å². The minimum Gasteiger partial charge on any atom is -0.486 e. The highest BCUT2D eigenvalue weighted by atomic mass is 79.9. The number of hydrogen-bond acceptors (Lipinski definition) is 6. The predicted octanol–water partition coefficient (Wildman–Crippen LogP) is 6.10. The zero-order valence-corrected chi connectivity index (χ0v) is 25.3. The Hall–Kier alpha value is -3.46. The molecule has 0 bridgehead atoms. The van der Waals surface area contributed by atoms with Gasteiger partial charge in [-0.1, -0.05) is 83.1 Å². The molecule has 5 rings (SSSR count). The van der Waals surface area contributed by atoms with E-state index in [-0.39, 0.29) is 12.2 Å². The van der Waals surface area contributed by atoms with Crippen LogP contribution in [-0.2, 0) is 16.1 Å².